The average molecular weight is 625 g/mol. The predicted octanol–water partition coefficient (Wildman–Crippen LogP) is 2.14. The molecule has 0 radical (unpaired) electrons. The van der Waals surface area contributed by atoms with Crippen LogP contribution in [0.15, 0.2) is 103 Å². The van der Waals surface area contributed by atoms with E-state index >= 15 is 0 Å². The molecule has 4 aromatic carbocycles. The summed E-state index contributed by atoms with van der Waals surface area (Å²) in [6, 6.07) is 34.0. The van der Waals surface area contributed by atoms with E-state index in [0.717, 1.165) is 7.22 Å². The Kier molecular flexibility index (Phi) is 8.94. The minimum absolute atomic E-state index is 0.203. The number of rotatable bonds is 5. The van der Waals surface area contributed by atoms with Crippen molar-refractivity contribution < 1.29 is 10.2 Å². The molecule has 0 atom stereocenters. The standard InChI is InChI=1S/C13H13NTe.C12H10O2Te/c1-14-11-7-9-13(10-8-11)15-12-5-3-2-4-6-12;13-9-5-1-3-7-11(9)15-12-8-4-2-6-10(12)14/h2-10,14H,1H3;1-8,13-14H. The number of phenols is 2. The van der Waals surface area contributed by atoms with Gasteiger partial charge in [-0.2, -0.15) is 0 Å². The van der Waals surface area contributed by atoms with Gasteiger partial charge in [0.25, 0.3) is 0 Å². The Hall–Kier alpha value is -2.14. The minimum atomic E-state index is -0.707. The van der Waals surface area contributed by atoms with Crippen LogP contribution in [0.3, 0.4) is 0 Å². The zero-order chi connectivity index (χ0) is 21.2. The van der Waals surface area contributed by atoms with Crippen molar-refractivity contribution in [2.75, 3.05) is 12.4 Å². The Morgan fingerprint density at radius 3 is 1.50 bits per heavy atom. The van der Waals surface area contributed by atoms with E-state index in [9.17, 15) is 10.2 Å². The Morgan fingerprint density at radius 2 is 1.00 bits per heavy atom. The number of anilines is 1. The molecule has 0 aliphatic carbocycles. The number of phenolic OH excluding ortho intramolecular Hbond substituents is 2. The topological polar surface area (TPSA) is 52.5 Å². The molecule has 0 amide bonds. The van der Waals surface area contributed by atoms with Gasteiger partial charge in [-0.25, -0.2) is 0 Å². The second-order valence-corrected chi connectivity index (χ2v) is 12.6. The molecule has 0 spiro atoms. The van der Waals surface area contributed by atoms with Crippen molar-refractivity contribution in [3.05, 3.63) is 103 Å². The van der Waals surface area contributed by atoms with Crippen LogP contribution in [-0.4, -0.2) is 59.1 Å². The Balaban J connectivity index is 0.000000171. The van der Waals surface area contributed by atoms with Crippen LogP contribution in [0, 0.1) is 0 Å². The van der Waals surface area contributed by atoms with Crippen molar-refractivity contribution in [3.8, 4) is 11.5 Å². The van der Waals surface area contributed by atoms with Crippen molar-refractivity contribution in [1.82, 2.24) is 0 Å². The number of hydrogen-bond acceptors (Lipinski definition) is 3. The fraction of sp³-hybridized carbons (Fsp3) is 0.0400. The molecule has 5 heteroatoms. The number of benzene rings is 4. The normalized spacial score (nSPS) is 10.0. The third kappa shape index (κ3) is 6.98. The van der Waals surface area contributed by atoms with E-state index in [0.29, 0.717) is 11.5 Å². The van der Waals surface area contributed by atoms with Crippen molar-refractivity contribution in [2.45, 2.75) is 0 Å². The second-order valence-electron chi connectivity index (χ2n) is 6.23. The maximum atomic E-state index is 9.61. The van der Waals surface area contributed by atoms with E-state index in [1.165, 1.54) is 12.9 Å². The molecule has 3 N–H and O–H groups in total. The van der Waals surface area contributed by atoms with E-state index in [4.69, 9.17) is 0 Å². The van der Waals surface area contributed by atoms with Crippen LogP contribution in [-0.2, 0) is 0 Å². The number of aromatic hydroxyl groups is 2. The molecule has 0 saturated heterocycles. The Morgan fingerprint density at radius 1 is 0.533 bits per heavy atom. The van der Waals surface area contributed by atoms with Crippen molar-refractivity contribution in [2.24, 2.45) is 0 Å². The van der Waals surface area contributed by atoms with Crippen LogP contribution in [0.1, 0.15) is 0 Å². The van der Waals surface area contributed by atoms with Gasteiger partial charge in [0, 0.05) is 0 Å². The van der Waals surface area contributed by atoms with E-state index < -0.39 is 20.9 Å². The summed E-state index contributed by atoms with van der Waals surface area (Å²) in [6.45, 7) is 0. The van der Waals surface area contributed by atoms with Crippen LogP contribution in [0.25, 0.3) is 0 Å². The van der Waals surface area contributed by atoms with Gasteiger partial charge in [0.1, 0.15) is 0 Å². The van der Waals surface area contributed by atoms with Crippen molar-refractivity contribution >= 4 is 62.0 Å². The molecule has 0 bridgehead atoms. The third-order valence-corrected chi connectivity index (χ3v) is 10.2. The second kappa shape index (κ2) is 11.9. The number of para-hydroxylation sites is 2. The van der Waals surface area contributed by atoms with Gasteiger partial charge in [-0.15, -0.1) is 0 Å². The van der Waals surface area contributed by atoms with Crippen LogP contribution in [0.5, 0.6) is 11.5 Å². The molecule has 0 aliphatic rings. The van der Waals surface area contributed by atoms with Gasteiger partial charge in [-0.3, -0.25) is 0 Å². The van der Waals surface area contributed by atoms with Crippen LogP contribution < -0.4 is 19.8 Å². The van der Waals surface area contributed by atoms with E-state index in [2.05, 4.69) is 59.9 Å². The van der Waals surface area contributed by atoms with Crippen LogP contribution in [0.4, 0.5) is 5.69 Å². The first-order valence-corrected chi connectivity index (χ1v) is 14.1. The summed E-state index contributed by atoms with van der Waals surface area (Å²) in [5.74, 6) is 0.645. The number of hydrogen-bond donors (Lipinski definition) is 3. The molecule has 0 aliphatic heterocycles. The molecule has 4 rings (SSSR count). The van der Waals surface area contributed by atoms with Gasteiger partial charge in [0.15, 0.2) is 0 Å². The van der Waals surface area contributed by atoms with Gasteiger partial charge in [-0.05, 0) is 0 Å². The molecule has 0 aromatic heterocycles. The quantitative estimate of drug-likeness (QED) is 0.299. The fourth-order valence-electron chi connectivity index (χ4n) is 2.52. The molecule has 30 heavy (non-hydrogen) atoms. The molecule has 0 fully saturated rings. The Bertz CT molecular complexity index is 1010. The zero-order valence-corrected chi connectivity index (χ0v) is 21.2. The summed E-state index contributed by atoms with van der Waals surface area (Å²) >= 11 is -0.910. The summed E-state index contributed by atoms with van der Waals surface area (Å²) in [5, 5.41) is 22.4. The third-order valence-electron chi connectivity index (χ3n) is 4.07. The van der Waals surface area contributed by atoms with Crippen molar-refractivity contribution in [3.63, 3.8) is 0 Å². The fourth-order valence-corrected chi connectivity index (χ4v) is 7.41. The molecule has 0 saturated carbocycles. The molecule has 0 heterocycles. The van der Waals surface area contributed by atoms with Crippen LogP contribution >= 0.6 is 0 Å². The first-order valence-electron chi connectivity index (χ1n) is 9.40. The first-order chi connectivity index (χ1) is 14.7. The van der Waals surface area contributed by atoms with Gasteiger partial charge in [-0.1, -0.05) is 0 Å². The molecule has 3 nitrogen and oxygen atoms in total. The summed E-state index contributed by atoms with van der Waals surface area (Å²) in [7, 11) is 1.95. The summed E-state index contributed by atoms with van der Waals surface area (Å²) < 4.78 is 4.86. The van der Waals surface area contributed by atoms with Crippen LogP contribution in [0.2, 0.25) is 0 Å². The molecule has 0 unspecified atom stereocenters. The Labute approximate surface area is 198 Å². The molecule has 4 aromatic rings. The van der Waals surface area contributed by atoms with Gasteiger partial charge in [0.2, 0.25) is 0 Å². The van der Waals surface area contributed by atoms with E-state index in [1.807, 2.05) is 31.3 Å². The average Bonchev–Trinajstić information content (AvgIpc) is 2.78. The van der Waals surface area contributed by atoms with Crippen molar-refractivity contribution in [1.29, 1.82) is 0 Å². The number of nitrogens with one attached hydrogen (secondary N) is 1. The molecule has 152 valence electrons. The molecular formula is C25H23NO2Te2. The first kappa shape index (κ1) is 22.5. The monoisotopic (exact) mass is 629 g/mol. The predicted molar refractivity (Wildman–Crippen MR) is 129 cm³/mol. The van der Waals surface area contributed by atoms with E-state index in [-0.39, 0.29) is 20.9 Å². The summed E-state index contributed by atoms with van der Waals surface area (Å²) in [5.41, 5.74) is 1.18. The SMILES string of the molecule is CNc1ccc([Te]c2ccccc2)cc1.Oc1ccccc1[Te]c1ccccc1O. The van der Waals surface area contributed by atoms with Gasteiger partial charge < -0.3 is 0 Å². The summed E-state index contributed by atoms with van der Waals surface area (Å²) in [6.07, 6.45) is 0. The maximum absolute atomic E-state index is 9.61. The zero-order valence-electron chi connectivity index (χ0n) is 16.5. The van der Waals surface area contributed by atoms with Gasteiger partial charge in [0.05, 0.1) is 0 Å². The van der Waals surface area contributed by atoms with E-state index in [1.54, 1.807) is 24.3 Å². The van der Waals surface area contributed by atoms with Gasteiger partial charge >= 0.3 is 199 Å². The molecular weight excluding hydrogens is 601 g/mol. The summed E-state index contributed by atoms with van der Waals surface area (Å²) in [4.78, 5) is 0.